The number of hydrogen-bond donors (Lipinski definition) is 0. The zero-order valence-corrected chi connectivity index (χ0v) is 19.6. The van der Waals surface area contributed by atoms with Gasteiger partial charge < -0.3 is 9.47 Å². The highest BCUT2D eigenvalue weighted by molar-refractivity contribution is 6.13. The van der Waals surface area contributed by atoms with Crippen LogP contribution >= 0.6 is 0 Å². The van der Waals surface area contributed by atoms with Crippen molar-refractivity contribution in [1.82, 2.24) is 0 Å². The molecule has 0 heterocycles. The molecule has 5 heteroatoms. The maximum Gasteiger partial charge on any atom is 0.335 e. The Morgan fingerprint density at radius 2 is 1.17 bits per heavy atom. The molecule has 0 amide bonds. The fourth-order valence-corrected chi connectivity index (χ4v) is 4.93. The van der Waals surface area contributed by atoms with Crippen LogP contribution in [0.4, 0.5) is 0 Å². The topological polar surface area (TPSA) is 69.7 Å². The number of carbonyl (C=O) groups excluding carboxylic acids is 3. The first-order valence-corrected chi connectivity index (χ1v) is 11.4. The lowest BCUT2D eigenvalue weighted by atomic mass is 9.72. The van der Waals surface area contributed by atoms with E-state index in [2.05, 4.69) is 13.2 Å². The first kappa shape index (κ1) is 23.0. The molecule has 0 unspecified atom stereocenters. The minimum absolute atomic E-state index is 0.0705. The van der Waals surface area contributed by atoms with E-state index in [4.69, 9.17) is 9.47 Å². The van der Waals surface area contributed by atoms with Gasteiger partial charge in [-0.05, 0) is 18.1 Å². The summed E-state index contributed by atoms with van der Waals surface area (Å²) in [6.07, 6.45) is 2.20. The summed E-state index contributed by atoms with van der Waals surface area (Å²) in [4.78, 5) is 38.2. The van der Waals surface area contributed by atoms with Gasteiger partial charge in [-0.15, -0.1) is 0 Å². The van der Waals surface area contributed by atoms with Crippen molar-refractivity contribution in [2.24, 2.45) is 0 Å². The third-order valence-electron chi connectivity index (χ3n) is 6.47. The maximum atomic E-state index is 13.4. The number of carbonyl (C=O) groups is 3. The van der Waals surface area contributed by atoms with Crippen molar-refractivity contribution in [3.05, 3.63) is 131 Å². The smallest absolute Gasteiger partial charge is 0.335 e. The molecule has 5 nitrogen and oxygen atoms in total. The summed E-state index contributed by atoms with van der Waals surface area (Å²) >= 11 is 0. The molecule has 0 atom stereocenters. The predicted molar refractivity (Wildman–Crippen MR) is 138 cm³/mol. The summed E-state index contributed by atoms with van der Waals surface area (Å²) in [5.41, 5.74) is 3.93. The van der Waals surface area contributed by atoms with Gasteiger partial charge in [-0.2, -0.15) is 0 Å². The van der Waals surface area contributed by atoms with E-state index >= 15 is 0 Å². The summed E-state index contributed by atoms with van der Waals surface area (Å²) in [7, 11) is 0. The Bertz CT molecular complexity index is 1540. The van der Waals surface area contributed by atoms with Crippen molar-refractivity contribution in [3.8, 4) is 11.5 Å². The molecule has 0 aliphatic heterocycles. The van der Waals surface area contributed by atoms with Crippen molar-refractivity contribution < 1.29 is 23.9 Å². The Kier molecular flexibility index (Phi) is 5.82. The number of fused-ring (bicyclic) bond motifs is 3. The minimum Gasteiger partial charge on any atom is -0.422 e. The largest absolute Gasteiger partial charge is 0.422 e. The molecule has 176 valence electrons. The van der Waals surface area contributed by atoms with Crippen LogP contribution in [0.3, 0.4) is 0 Å². The highest BCUT2D eigenvalue weighted by Gasteiger charge is 2.36. The average molecular weight is 475 g/mol. The third-order valence-corrected chi connectivity index (χ3v) is 6.47. The lowest BCUT2D eigenvalue weighted by Crippen LogP contribution is -2.22. The highest BCUT2D eigenvalue weighted by Crippen LogP contribution is 2.50. The van der Waals surface area contributed by atoms with Crippen molar-refractivity contribution in [2.75, 3.05) is 0 Å². The Morgan fingerprint density at radius 3 is 1.69 bits per heavy atom. The molecule has 0 spiro atoms. The number of benzene rings is 4. The zero-order chi connectivity index (χ0) is 25.4. The first-order chi connectivity index (χ1) is 17.5. The molecule has 0 bridgehead atoms. The van der Waals surface area contributed by atoms with E-state index < -0.39 is 17.9 Å². The average Bonchev–Trinajstić information content (AvgIpc) is 2.92. The summed E-state index contributed by atoms with van der Waals surface area (Å²) in [5, 5.41) is 1.20. The van der Waals surface area contributed by atoms with Crippen LogP contribution < -0.4 is 9.47 Å². The van der Waals surface area contributed by atoms with Crippen LogP contribution in [0.2, 0.25) is 0 Å². The highest BCUT2D eigenvalue weighted by atomic mass is 16.5. The molecule has 0 saturated carbocycles. The summed E-state index contributed by atoms with van der Waals surface area (Å²) in [6, 6.07) is 22.0. The molecular weight excluding hydrogens is 452 g/mol. The zero-order valence-electron chi connectivity index (χ0n) is 19.6. The van der Waals surface area contributed by atoms with E-state index in [0.717, 1.165) is 23.3 Å². The van der Waals surface area contributed by atoms with Crippen LogP contribution in [0.5, 0.6) is 11.5 Å². The molecule has 0 N–H and O–H groups in total. The molecule has 4 aromatic carbocycles. The summed E-state index contributed by atoms with van der Waals surface area (Å²) in [6.45, 7) is 8.89. The second-order valence-corrected chi connectivity index (χ2v) is 8.43. The van der Waals surface area contributed by atoms with Gasteiger partial charge in [0.1, 0.15) is 11.5 Å². The van der Waals surface area contributed by atoms with Crippen LogP contribution in [0.25, 0.3) is 10.8 Å². The molecule has 4 aromatic rings. The van der Waals surface area contributed by atoms with E-state index in [1.807, 2.05) is 55.5 Å². The van der Waals surface area contributed by atoms with Crippen molar-refractivity contribution >= 4 is 28.5 Å². The molecular formula is C31H22O5. The molecule has 0 aromatic heterocycles. The van der Waals surface area contributed by atoms with E-state index in [-0.39, 0.29) is 5.78 Å². The Morgan fingerprint density at radius 1 is 0.722 bits per heavy atom. The standard InChI is InChI=1S/C31H22O5/c1-4-25(32)35-30-18(3)27(31(36-26(33)5-2)24-17-11-10-16-23(24)30)28-19-12-6-8-14-21(19)29(34)22-15-9-7-13-20(22)28/h4-17,28H,1-2H2,3H3. The predicted octanol–water partition coefficient (Wildman–Crippen LogP) is 6.06. The van der Waals surface area contributed by atoms with Crippen molar-refractivity contribution in [1.29, 1.82) is 0 Å². The maximum absolute atomic E-state index is 13.4. The van der Waals surface area contributed by atoms with Gasteiger partial charge in [0.25, 0.3) is 0 Å². The quantitative estimate of drug-likeness (QED) is 0.176. The van der Waals surface area contributed by atoms with Gasteiger partial charge >= 0.3 is 11.9 Å². The van der Waals surface area contributed by atoms with Gasteiger partial charge in [-0.3, -0.25) is 4.79 Å². The van der Waals surface area contributed by atoms with Gasteiger partial charge in [-0.25, -0.2) is 9.59 Å². The van der Waals surface area contributed by atoms with Gasteiger partial charge in [0.15, 0.2) is 5.78 Å². The summed E-state index contributed by atoms with van der Waals surface area (Å²) in [5.74, 6) is -1.09. The molecule has 1 aliphatic rings. The van der Waals surface area contributed by atoms with Gasteiger partial charge in [0.05, 0.1) is 0 Å². The molecule has 0 radical (unpaired) electrons. The van der Waals surface area contributed by atoms with Gasteiger partial charge in [0.2, 0.25) is 0 Å². The lowest BCUT2D eigenvalue weighted by Gasteiger charge is -2.31. The van der Waals surface area contributed by atoms with Crippen LogP contribution in [0.15, 0.2) is 98.1 Å². The second kappa shape index (κ2) is 9.12. The van der Waals surface area contributed by atoms with Crippen molar-refractivity contribution in [2.45, 2.75) is 12.8 Å². The van der Waals surface area contributed by atoms with Crippen LogP contribution in [-0.4, -0.2) is 17.7 Å². The van der Waals surface area contributed by atoms with Crippen LogP contribution in [-0.2, 0) is 9.59 Å². The molecule has 5 rings (SSSR count). The Labute approximate surface area is 208 Å². The molecule has 1 aliphatic carbocycles. The van der Waals surface area contributed by atoms with E-state index in [0.29, 0.717) is 44.5 Å². The summed E-state index contributed by atoms with van der Waals surface area (Å²) < 4.78 is 11.6. The lowest BCUT2D eigenvalue weighted by molar-refractivity contribution is -0.130. The fraction of sp³-hybridized carbons (Fsp3) is 0.0645. The van der Waals surface area contributed by atoms with Gasteiger partial charge in [-0.1, -0.05) is 86.0 Å². The molecule has 0 fully saturated rings. The second-order valence-electron chi connectivity index (χ2n) is 8.43. The van der Waals surface area contributed by atoms with E-state index in [9.17, 15) is 14.4 Å². The van der Waals surface area contributed by atoms with Crippen molar-refractivity contribution in [3.63, 3.8) is 0 Å². The Balaban J connectivity index is 1.93. The Hall–Kier alpha value is -4.77. The first-order valence-electron chi connectivity index (χ1n) is 11.4. The number of ketones is 1. The minimum atomic E-state index is -0.620. The van der Waals surface area contributed by atoms with E-state index in [1.54, 1.807) is 24.3 Å². The van der Waals surface area contributed by atoms with Crippen LogP contribution in [0, 0.1) is 6.92 Å². The number of ether oxygens (including phenoxy) is 2. The van der Waals surface area contributed by atoms with Gasteiger partial charge in [0, 0.05) is 51.1 Å². The SMILES string of the molecule is C=CC(=O)Oc1c(C)c(C2c3ccccc3C(=O)c3ccccc32)c(OC(=O)C=C)c2ccccc12. The fourth-order valence-electron chi connectivity index (χ4n) is 4.93. The van der Waals surface area contributed by atoms with E-state index in [1.165, 1.54) is 0 Å². The number of rotatable bonds is 5. The number of hydrogen-bond acceptors (Lipinski definition) is 5. The molecule has 0 saturated heterocycles. The normalized spacial score (nSPS) is 12.4. The third kappa shape index (κ3) is 3.62. The monoisotopic (exact) mass is 474 g/mol. The van der Waals surface area contributed by atoms with Crippen LogP contribution in [0.1, 0.15) is 44.1 Å². The number of esters is 2. The molecule has 36 heavy (non-hydrogen) atoms.